The number of fused-ring (bicyclic) bond motifs is 6. The van der Waals surface area contributed by atoms with Gasteiger partial charge < -0.3 is 0 Å². The predicted octanol–water partition coefficient (Wildman–Crippen LogP) is 9.14. The van der Waals surface area contributed by atoms with Gasteiger partial charge in [0, 0.05) is 0 Å². The molecule has 0 fully saturated rings. The van der Waals surface area contributed by atoms with E-state index in [4.69, 9.17) is 4.42 Å². The summed E-state index contributed by atoms with van der Waals surface area (Å²) in [6.07, 6.45) is 3.46. The Kier molecular flexibility index (Phi) is 5.42. The van der Waals surface area contributed by atoms with E-state index in [2.05, 4.69) is 115 Å². The Hall–Kier alpha value is -3.24. The van der Waals surface area contributed by atoms with Crippen molar-refractivity contribution in [2.45, 2.75) is 37.5 Å². The first kappa shape index (κ1) is 23.2. The molecule has 2 nitrogen and oxygen atoms in total. The molecule has 36 heavy (non-hydrogen) atoms. The van der Waals surface area contributed by atoms with Crippen molar-refractivity contribution >= 4 is 62.8 Å². The number of nitrogens with zero attached hydrogens (tertiary/aromatic N) is 1. The van der Waals surface area contributed by atoms with E-state index in [1.807, 2.05) is 6.07 Å². The number of hydrogen-bond acceptors (Lipinski definition) is 0. The van der Waals surface area contributed by atoms with Crippen LogP contribution in [0.4, 0.5) is 5.69 Å². The van der Waals surface area contributed by atoms with E-state index in [0.29, 0.717) is 5.92 Å². The fourth-order valence-electron chi connectivity index (χ4n) is 5.67. The van der Waals surface area contributed by atoms with E-state index in [1.165, 1.54) is 42.8 Å². The van der Waals surface area contributed by atoms with Crippen molar-refractivity contribution < 1.29 is 8.99 Å². The summed E-state index contributed by atoms with van der Waals surface area (Å²) in [4.78, 5) is 0. The van der Waals surface area contributed by atoms with Crippen LogP contribution in [0.3, 0.4) is 0 Å². The van der Waals surface area contributed by atoms with Crippen LogP contribution in [-0.4, -0.2) is 24.6 Å². The van der Waals surface area contributed by atoms with Gasteiger partial charge in [-0.25, -0.2) is 0 Å². The number of hydrogen-bond donors (Lipinski definition) is 0. The van der Waals surface area contributed by atoms with Gasteiger partial charge in [-0.3, -0.25) is 0 Å². The van der Waals surface area contributed by atoms with Crippen LogP contribution in [0.25, 0.3) is 37.1 Å². The van der Waals surface area contributed by atoms with E-state index in [0.717, 1.165) is 29.2 Å². The summed E-state index contributed by atoms with van der Waals surface area (Å²) in [6, 6.07) is 27.4. The van der Waals surface area contributed by atoms with E-state index in [9.17, 15) is 0 Å². The molecule has 0 aliphatic carbocycles. The van der Waals surface area contributed by atoms with Gasteiger partial charge in [0.1, 0.15) is 0 Å². The molecule has 180 valence electrons. The first-order chi connectivity index (χ1) is 17.2. The second-order valence-electron chi connectivity index (χ2n) is 11.5. The van der Waals surface area contributed by atoms with E-state index >= 15 is 0 Å². The van der Waals surface area contributed by atoms with Gasteiger partial charge in [-0.1, -0.05) is 0 Å². The van der Waals surface area contributed by atoms with Crippen molar-refractivity contribution in [1.82, 2.24) is 0 Å². The summed E-state index contributed by atoms with van der Waals surface area (Å²) in [5.41, 5.74) is 6.91. The Bertz CT molecular complexity index is 1700. The second-order valence-corrected chi connectivity index (χ2v) is 22.1. The van der Waals surface area contributed by atoms with Gasteiger partial charge in [-0.05, 0) is 0 Å². The summed E-state index contributed by atoms with van der Waals surface area (Å²) in [5, 5.41) is 4.97. The van der Waals surface area contributed by atoms with Gasteiger partial charge in [0.05, 0.1) is 0 Å². The summed E-state index contributed by atoms with van der Waals surface area (Å²) in [7, 11) is 0. The van der Waals surface area contributed by atoms with Gasteiger partial charge in [0.2, 0.25) is 0 Å². The second kappa shape index (κ2) is 8.42. The minimum atomic E-state index is -2.30. The molecule has 5 aromatic rings. The van der Waals surface area contributed by atoms with Crippen molar-refractivity contribution in [3.63, 3.8) is 0 Å². The molecule has 0 amide bonds. The number of rotatable bonds is 4. The third-order valence-corrected chi connectivity index (χ3v) is 11.5. The molecule has 6 rings (SSSR count). The van der Waals surface area contributed by atoms with Gasteiger partial charge in [-0.15, -0.1) is 0 Å². The molecule has 2 heterocycles. The molecular weight excluding hydrogens is 499 g/mol. The average molecular weight is 532 g/mol. The van der Waals surface area contributed by atoms with Gasteiger partial charge in [0.15, 0.2) is 0 Å². The summed E-state index contributed by atoms with van der Waals surface area (Å²) < 4.78 is 10.2. The molecule has 0 spiro atoms. The van der Waals surface area contributed by atoms with Crippen LogP contribution in [0.15, 0.2) is 83.3 Å². The van der Waals surface area contributed by atoms with Crippen LogP contribution in [-0.2, 0) is 6.42 Å². The fourth-order valence-corrected chi connectivity index (χ4v) is 8.99. The third kappa shape index (κ3) is 3.70. The zero-order valence-electron chi connectivity index (χ0n) is 21.9. The average Bonchev–Trinajstić information content (AvgIpc) is 3.21. The van der Waals surface area contributed by atoms with Crippen molar-refractivity contribution in [2.75, 3.05) is 0 Å². The normalized spacial score (nSPS) is 14.2. The molecule has 0 saturated carbocycles. The van der Waals surface area contributed by atoms with Gasteiger partial charge in [0.25, 0.3) is 0 Å². The fraction of sp³-hybridized carbons (Fsp3) is 0.212. The third-order valence-electron chi connectivity index (χ3n) is 7.30. The number of furan rings is 1. The summed E-state index contributed by atoms with van der Waals surface area (Å²) in [6.45, 7) is 9.17. The molecule has 3 heteroatoms. The Morgan fingerprint density at radius 2 is 1.72 bits per heavy atom. The van der Waals surface area contributed by atoms with E-state index in [1.54, 1.807) is 0 Å². The van der Waals surface area contributed by atoms with Crippen LogP contribution < -0.4 is 0 Å². The van der Waals surface area contributed by atoms with Gasteiger partial charge >= 0.3 is 217 Å². The van der Waals surface area contributed by atoms with Crippen LogP contribution in [0.5, 0.6) is 0 Å². The number of para-hydroxylation sites is 1. The summed E-state index contributed by atoms with van der Waals surface area (Å²) >= 11 is -2.30. The maximum atomic E-state index is 6.53. The molecule has 4 aromatic carbocycles. The topological polar surface area (TPSA) is 14.3 Å². The first-order valence-electron chi connectivity index (χ1n) is 12.9. The van der Waals surface area contributed by atoms with Crippen LogP contribution in [0.2, 0.25) is 17.3 Å². The predicted molar refractivity (Wildman–Crippen MR) is 157 cm³/mol. The Balaban J connectivity index is 1.66. The van der Waals surface area contributed by atoms with Crippen molar-refractivity contribution in [1.29, 1.82) is 0 Å². The van der Waals surface area contributed by atoms with Crippen molar-refractivity contribution in [3.05, 3.63) is 102 Å². The molecule has 1 aromatic heterocycles. The molecule has 0 bridgehead atoms. The minimum absolute atomic E-state index is 0.573. The molecule has 0 N–H and O–H groups in total. The van der Waals surface area contributed by atoms with Crippen molar-refractivity contribution in [3.8, 4) is 0 Å². The van der Waals surface area contributed by atoms with E-state index < -0.39 is 13.3 Å². The zero-order valence-corrected chi connectivity index (χ0v) is 24.0. The monoisotopic (exact) mass is 533 g/mol. The number of benzene rings is 4. The van der Waals surface area contributed by atoms with E-state index in [-0.39, 0.29) is 0 Å². The Morgan fingerprint density at radius 3 is 2.50 bits per heavy atom. The molecule has 0 atom stereocenters. The van der Waals surface area contributed by atoms with Crippen LogP contribution >= 0.6 is 0 Å². The molecule has 0 radical (unpaired) electrons. The zero-order chi connectivity index (χ0) is 25.2. The van der Waals surface area contributed by atoms with Crippen LogP contribution in [0, 0.1) is 12.0 Å². The summed E-state index contributed by atoms with van der Waals surface area (Å²) in [5.74, 6) is 8.03. The maximum absolute atomic E-state index is 6.53. The molecule has 0 unspecified atom stereocenters. The first-order valence-corrected chi connectivity index (χ1v) is 20.2. The molecule has 1 aliphatic heterocycles. The quantitative estimate of drug-likeness (QED) is 0.0975. The molecular formula is C33H33GeNO. The molecule has 1 aliphatic rings. The van der Waals surface area contributed by atoms with Crippen molar-refractivity contribution in [2.24, 2.45) is 5.92 Å². The Morgan fingerprint density at radius 1 is 0.944 bits per heavy atom. The molecule has 0 saturated heterocycles. The van der Waals surface area contributed by atoms with Gasteiger partial charge in [-0.2, -0.15) is 0 Å². The SMILES string of the molecule is C=[N+]1c2ccc3ccccc3c2[C]([Ge]([CH3])([CH3])[CH3])=C[C-]1c1cc(CC(C)C)cc2c1[o+][c-]1ccccc21. The Labute approximate surface area is 216 Å². The van der Waals surface area contributed by atoms with Crippen LogP contribution in [0.1, 0.15) is 30.5 Å². The standard InChI is InChI=1S/C33H33GeNO/c1-21(2)17-22-18-26-25-13-9-10-14-31(25)36-33(26)27(19-22)30-20-28(34(3,4)5)32-24-12-8-7-11-23(24)15-16-29(32)35(30)6/h7-16,18-21H,6,17H2,1-5H3.